The molecule has 0 unspecified atom stereocenters. The molecule has 0 aliphatic heterocycles. The summed E-state index contributed by atoms with van der Waals surface area (Å²) in [5, 5.41) is 15.2. The Morgan fingerprint density at radius 2 is 2.07 bits per heavy atom. The first-order valence-corrected chi connectivity index (χ1v) is 9.63. The Hall–Kier alpha value is -3.36. The lowest BCUT2D eigenvalue weighted by molar-refractivity contribution is 0.0512. The van der Waals surface area contributed by atoms with Crippen LogP contribution in [0.5, 0.6) is 0 Å². The zero-order chi connectivity index (χ0) is 20.5. The average Bonchev–Trinajstić information content (AvgIpc) is 3.24. The van der Waals surface area contributed by atoms with Crippen molar-refractivity contribution in [3.63, 3.8) is 0 Å². The maximum absolute atomic E-state index is 13.6. The molecular weight excluding hydrogens is 374 g/mol. The fraction of sp³-hybridized carbons (Fsp3) is 0.400. The Labute approximate surface area is 167 Å². The van der Waals surface area contributed by atoms with E-state index in [4.69, 9.17) is 9.26 Å². The van der Waals surface area contributed by atoms with E-state index in [1.165, 1.54) is 6.33 Å². The summed E-state index contributed by atoms with van der Waals surface area (Å²) in [6.07, 6.45) is 3.96. The molecule has 29 heavy (non-hydrogen) atoms. The van der Waals surface area contributed by atoms with Crippen molar-refractivity contribution in [2.75, 3.05) is 6.61 Å². The predicted molar refractivity (Wildman–Crippen MR) is 101 cm³/mol. The minimum Gasteiger partial charge on any atom is -0.461 e. The summed E-state index contributed by atoms with van der Waals surface area (Å²) in [5.74, 6) is -0.329. The zero-order valence-corrected chi connectivity index (χ0v) is 16.5. The van der Waals surface area contributed by atoms with Crippen molar-refractivity contribution < 1.29 is 18.8 Å². The van der Waals surface area contributed by atoms with Crippen LogP contribution in [0, 0.1) is 6.92 Å². The topological polar surface area (TPSA) is 113 Å². The Morgan fingerprint density at radius 1 is 1.28 bits per heavy atom. The van der Waals surface area contributed by atoms with Gasteiger partial charge in [-0.1, -0.05) is 12.1 Å². The van der Waals surface area contributed by atoms with Gasteiger partial charge in [-0.15, -0.1) is 5.10 Å². The molecule has 3 aromatic rings. The highest BCUT2D eigenvalue weighted by molar-refractivity contribution is 6.15. The first-order chi connectivity index (χ1) is 14.1. The lowest BCUT2D eigenvalue weighted by Gasteiger charge is -2.14. The van der Waals surface area contributed by atoms with Crippen molar-refractivity contribution in [1.29, 1.82) is 0 Å². The highest BCUT2D eigenvalue weighted by Crippen LogP contribution is 2.43. The van der Waals surface area contributed by atoms with Crippen LogP contribution in [0.25, 0.3) is 5.69 Å². The fourth-order valence-electron chi connectivity index (χ4n) is 3.55. The number of benzene rings is 1. The standard InChI is InChI=1S/C20H21N5O4/c1-4-13-11(3)15(25-10-21-23-24-25)9-8-14(13)18(26)16-17(20(27)28-5-2)22-29-19(16)12-6-7-12/h8-10,12H,4-7H2,1-3H3. The third-order valence-corrected chi connectivity index (χ3v) is 5.13. The summed E-state index contributed by atoms with van der Waals surface area (Å²) in [5.41, 5.74) is 3.23. The van der Waals surface area contributed by atoms with E-state index in [1.54, 1.807) is 23.7 Å². The molecule has 1 aliphatic rings. The molecule has 0 spiro atoms. The molecule has 9 nitrogen and oxygen atoms in total. The number of ketones is 1. The molecule has 0 radical (unpaired) electrons. The van der Waals surface area contributed by atoms with Gasteiger partial charge >= 0.3 is 5.97 Å². The zero-order valence-electron chi connectivity index (χ0n) is 16.5. The van der Waals surface area contributed by atoms with Gasteiger partial charge in [0.05, 0.1) is 12.3 Å². The van der Waals surface area contributed by atoms with E-state index in [2.05, 4.69) is 20.7 Å². The van der Waals surface area contributed by atoms with E-state index in [0.29, 0.717) is 17.7 Å². The Kier molecular flexibility index (Phi) is 4.96. The van der Waals surface area contributed by atoms with Gasteiger partial charge in [-0.3, -0.25) is 4.79 Å². The largest absolute Gasteiger partial charge is 0.461 e. The van der Waals surface area contributed by atoms with Crippen molar-refractivity contribution in [1.82, 2.24) is 25.4 Å². The third-order valence-electron chi connectivity index (χ3n) is 5.13. The molecule has 0 atom stereocenters. The molecule has 150 valence electrons. The summed E-state index contributed by atoms with van der Waals surface area (Å²) in [4.78, 5) is 25.9. The number of hydrogen-bond donors (Lipinski definition) is 0. The molecule has 0 bridgehead atoms. The van der Waals surface area contributed by atoms with Gasteiger partial charge in [0.1, 0.15) is 11.9 Å². The van der Waals surface area contributed by atoms with Crippen LogP contribution in [0.2, 0.25) is 0 Å². The molecule has 1 aromatic carbocycles. The number of rotatable bonds is 7. The molecule has 2 heterocycles. The van der Waals surface area contributed by atoms with Gasteiger partial charge in [0.15, 0.2) is 11.5 Å². The molecule has 1 aliphatic carbocycles. The van der Waals surface area contributed by atoms with Crippen LogP contribution in [-0.4, -0.2) is 43.7 Å². The first-order valence-electron chi connectivity index (χ1n) is 9.63. The van der Waals surface area contributed by atoms with Gasteiger partial charge in [0.25, 0.3) is 0 Å². The van der Waals surface area contributed by atoms with Crippen LogP contribution in [-0.2, 0) is 11.2 Å². The van der Waals surface area contributed by atoms with Crippen molar-refractivity contribution in [2.24, 2.45) is 0 Å². The maximum Gasteiger partial charge on any atom is 0.361 e. The van der Waals surface area contributed by atoms with Crippen molar-refractivity contribution >= 4 is 11.8 Å². The minimum atomic E-state index is -0.647. The number of carbonyl (C=O) groups excluding carboxylic acids is 2. The normalized spacial score (nSPS) is 13.5. The van der Waals surface area contributed by atoms with Gasteiger partial charge in [-0.05, 0) is 66.8 Å². The summed E-state index contributed by atoms with van der Waals surface area (Å²) in [7, 11) is 0. The number of ether oxygens (including phenoxy) is 1. The summed E-state index contributed by atoms with van der Waals surface area (Å²) in [6, 6.07) is 3.54. The number of aromatic nitrogens is 5. The number of nitrogens with zero attached hydrogens (tertiary/aromatic N) is 5. The van der Waals surface area contributed by atoms with Crippen LogP contribution in [0.15, 0.2) is 23.0 Å². The van der Waals surface area contributed by atoms with Gasteiger partial charge in [0.2, 0.25) is 5.69 Å². The quantitative estimate of drug-likeness (QED) is 0.443. The lowest BCUT2D eigenvalue weighted by Crippen LogP contribution is -2.15. The van der Waals surface area contributed by atoms with E-state index in [-0.39, 0.29) is 29.6 Å². The molecule has 2 aromatic heterocycles. The second-order valence-electron chi connectivity index (χ2n) is 6.94. The van der Waals surface area contributed by atoms with E-state index in [0.717, 1.165) is 29.7 Å². The first kappa shape index (κ1) is 19.0. The smallest absolute Gasteiger partial charge is 0.361 e. The number of tetrazole rings is 1. The second-order valence-corrected chi connectivity index (χ2v) is 6.94. The number of carbonyl (C=O) groups is 2. The Balaban J connectivity index is 1.82. The lowest BCUT2D eigenvalue weighted by atomic mass is 9.91. The average molecular weight is 395 g/mol. The molecule has 0 amide bonds. The monoisotopic (exact) mass is 395 g/mol. The van der Waals surface area contributed by atoms with E-state index < -0.39 is 5.97 Å². The molecule has 4 rings (SSSR count). The van der Waals surface area contributed by atoms with Crippen LogP contribution >= 0.6 is 0 Å². The summed E-state index contributed by atoms with van der Waals surface area (Å²) in [6.45, 7) is 5.80. The van der Waals surface area contributed by atoms with Gasteiger partial charge in [-0.2, -0.15) is 0 Å². The van der Waals surface area contributed by atoms with Gasteiger partial charge in [-0.25, -0.2) is 9.48 Å². The van der Waals surface area contributed by atoms with E-state index in [1.807, 2.05) is 13.8 Å². The maximum atomic E-state index is 13.6. The molecule has 1 saturated carbocycles. The SMILES string of the molecule is CCOC(=O)c1noc(C2CC2)c1C(=O)c1ccc(-n2cnnn2)c(C)c1CC. The van der Waals surface area contributed by atoms with Crippen molar-refractivity contribution in [3.8, 4) is 5.69 Å². The highest BCUT2D eigenvalue weighted by Gasteiger charge is 2.38. The molecule has 1 fully saturated rings. The Bertz CT molecular complexity index is 1070. The highest BCUT2D eigenvalue weighted by atomic mass is 16.5. The number of esters is 1. The van der Waals surface area contributed by atoms with Crippen LogP contribution in [0.1, 0.15) is 75.9 Å². The van der Waals surface area contributed by atoms with Crippen LogP contribution in [0.3, 0.4) is 0 Å². The molecular formula is C20H21N5O4. The van der Waals surface area contributed by atoms with E-state index in [9.17, 15) is 9.59 Å². The summed E-state index contributed by atoms with van der Waals surface area (Å²) >= 11 is 0. The fourth-order valence-corrected chi connectivity index (χ4v) is 3.55. The van der Waals surface area contributed by atoms with Crippen LogP contribution in [0.4, 0.5) is 0 Å². The van der Waals surface area contributed by atoms with Crippen molar-refractivity contribution in [3.05, 3.63) is 52.2 Å². The Morgan fingerprint density at radius 3 is 2.69 bits per heavy atom. The predicted octanol–water partition coefficient (Wildman–Crippen LogP) is 2.81. The van der Waals surface area contributed by atoms with Gasteiger partial charge < -0.3 is 9.26 Å². The van der Waals surface area contributed by atoms with Crippen LogP contribution < -0.4 is 0 Å². The van der Waals surface area contributed by atoms with Gasteiger partial charge in [0, 0.05) is 11.5 Å². The van der Waals surface area contributed by atoms with E-state index >= 15 is 0 Å². The second kappa shape index (κ2) is 7.57. The minimum absolute atomic E-state index is 0.0528. The molecule has 0 N–H and O–H groups in total. The third kappa shape index (κ3) is 3.32. The summed E-state index contributed by atoms with van der Waals surface area (Å²) < 4.78 is 12.0. The number of hydrogen-bond acceptors (Lipinski definition) is 8. The molecule has 9 heteroatoms. The van der Waals surface area contributed by atoms with Crippen molar-refractivity contribution in [2.45, 2.75) is 46.0 Å². The molecule has 0 saturated heterocycles.